The Morgan fingerprint density at radius 2 is 2.19 bits per heavy atom. The lowest BCUT2D eigenvalue weighted by Crippen LogP contribution is -2.03. The summed E-state index contributed by atoms with van der Waals surface area (Å²) < 4.78 is 15.1. The minimum absolute atomic E-state index is 0.235. The van der Waals surface area contributed by atoms with Crippen LogP contribution in [0.5, 0.6) is 0 Å². The molecular formula is C10H4BrFN2OS. The normalized spacial score (nSPS) is 11.4. The molecule has 0 bridgehead atoms. The molecule has 0 unspecified atom stereocenters. The third kappa shape index (κ3) is 1.23. The van der Waals surface area contributed by atoms with Crippen molar-refractivity contribution in [2.24, 2.45) is 0 Å². The number of rotatable bonds is 0. The van der Waals surface area contributed by atoms with Crippen molar-refractivity contribution in [1.82, 2.24) is 9.97 Å². The summed E-state index contributed by atoms with van der Waals surface area (Å²) in [4.78, 5) is 18.1. The van der Waals surface area contributed by atoms with Crippen LogP contribution >= 0.6 is 27.3 Å². The first-order chi connectivity index (χ1) is 7.68. The quantitative estimate of drug-likeness (QED) is 0.693. The molecule has 1 aromatic carbocycles. The van der Waals surface area contributed by atoms with Crippen LogP contribution in [0.3, 0.4) is 0 Å². The predicted molar refractivity (Wildman–Crippen MR) is 65.4 cm³/mol. The second-order valence-electron chi connectivity index (χ2n) is 3.25. The summed E-state index contributed by atoms with van der Waals surface area (Å²) in [5.74, 6) is -0.347. The minimum Gasteiger partial charge on any atom is -0.312 e. The van der Waals surface area contributed by atoms with E-state index in [0.29, 0.717) is 24.8 Å². The first kappa shape index (κ1) is 9.92. The lowest BCUT2D eigenvalue weighted by atomic mass is 10.2. The molecule has 3 nitrogen and oxygen atoms in total. The number of thiophene rings is 1. The van der Waals surface area contributed by atoms with E-state index in [0.717, 1.165) is 11.3 Å². The molecule has 0 spiro atoms. The molecule has 0 atom stereocenters. The zero-order chi connectivity index (χ0) is 11.3. The van der Waals surface area contributed by atoms with Gasteiger partial charge in [-0.2, -0.15) is 0 Å². The standard InChI is InChI=1S/C10H4BrFN2OS/c11-5-2-1-4-7-9(10(15)14-3-13-7)16-8(4)6(5)12/h1-3H,(H,13,14,15). The highest BCUT2D eigenvalue weighted by atomic mass is 79.9. The Balaban J connectivity index is 2.66. The number of fused-ring (bicyclic) bond motifs is 3. The number of aromatic nitrogens is 2. The predicted octanol–water partition coefficient (Wildman–Crippen LogP) is 3.04. The molecule has 0 amide bonds. The summed E-state index contributed by atoms with van der Waals surface area (Å²) >= 11 is 4.24. The summed E-state index contributed by atoms with van der Waals surface area (Å²) in [5, 5.41) is 0.673. The molecule has 0 fully saturated rings. The monoisotopic (exact) mass is 298 g/mol. The Hall–Kier alpha value is -1.27. The molecule has 0 saturated carbocycles. The summed E-state index contributed by atoms with van der Waals surface area (Å²) in [6.45, 7) is 0. The van der Waals surface area contributed by atoms with Crippen molar-refractivity contribution in [2.75, 3.05) is 0 Å². The first-order valence-electron chi connectivity index (χ1n) is 4.42. The Labute approximate surface area is 101 Å². The van der Waals surface area contributed by atoms with Gasteiger partial charge < -0.3 is 4.98 Å². The molecule has 0 radical (unpaired) electrons. The highest BCUT2D eigenvalue weighted by Gasteiger charge is 2.13. The van der Waals surface area contributed by atoms with Crippen molar-refractivity contribution in [3.63, 3.8) is 0 Å². The van der Waals surface area contributed by atoms with Gasteiger partial charge in [0.15, 0.2) is 5.82 Å². The van der Waals surface area contributed by atoms with Gasteiger partial charge in [-0.3, -0.25) is 4.79 Å². The van der Waals surface area contributed by atoms with Crippen LogP contribution < -0.4 is 5.56 Å². The average Bonchev–Trinajstić information content (AvgIpc) is 2.65. The molecule has 0 aliphatic carbocycles. The fraction of sp³-hybridized carbons (Fsp3) is 0. The van der Waals surface area contributed by atoms with Gasteiger partial charge in [0.25, 0.3) is 5.56 Å². The largest absolute Gasteiger partial charge is 0.312 e. The van der Waals surface area contributed by atoms with Crippen LogP contribution in [0.4, 0.5) is 4.39 Å². The number of H-pyrrole nitrogens is 1. The van der Waals surface area contributed by atoms with E-state index in [2.05, 4.69) is 25.9 Å². The number of hydrogen-bond donors (Lipinski definition) is 1. The molecular weight excluding hydrogens is 295 g/mol. The molecule has 0 aliphatic rings. The zero-order valence-electron chi connectivity index (χ0n) is 7.75. The molecule has 6 heteroatoms. The lowest BCUT2D eigenvalue weighted by Gasteiger charge is -1.94. The Kier molecular flexibility index (Phi) is 2.08. The molecule has 3 rings (SSSR count). The number of nitrogens with zero attached hydrogens (tertiary/aromatic N) is 1. The van der Waals surface area contributed by atoms with Crippen molar-refractivity contribution in [1.29, 1.82) is 0 Å². The molecule has 0 saturated heterocycles. The van der Waals surface area contributed by atoms with Crippen molar-refractivity contribution in [3.8, 4) is 0 Å². The van der Waals surface area contributed by atoms with Gasteiger partial charge in [0.1, 0.15) is 4.70 Å². The molecule has 2 aromatic heterocycles. The molecule has 3 aromatic rings. The summed E-state index contributed by atoms with van der Waals surface area (Å²) in [6, 6.07) is 3.38. The number of aromatic amines is 1. The number of halogens is 2. The van der Waals surface area contributed by atoms with Crippen LogP contribution in [0.1, 0.15) is 0 Å². The Morgan fingerprint density at radius 3 is 3.00 bits per heavy atom. The molecule has 2 heterocycles. The van der Waals surface area contributed by atoms with Crippen molar-refractivity contribution >= 4 is 47.6 Å². The zero-order valence-corrected chi connectivity index (χ0v) is 10.2. The summed E-state index contributed by atoms with van der Waals surface area (Å²) in [5.41, 5.74) is 0.317. The molecule has 80 valence electrons. The lowest BCUT2D eigenvalue weighted by molar-refractivity contribution is 0.635. The van der Waals surface area contributed by atoms with Gasteiger partial charge >= 0.3 is 0 Å². The van der Waals surface area contributed by atoms with Crippen LogP contribution in [0.15, 0.2) is 27.7 Å². The molecule has 16 heavy (non-hydrogen) atoms. The van der Waals surface area contributed by atoms with Crippen LogP contribution in [-0.4, -0.2) is 9.97 Å². The highest BCUT2D eigenvalue weighted by molar-refractivity contribution is 9.10. The number of hydrogen-bond acceptors (Lipinski definition) is 3. The van der Waals surface area contributed by atoms with E-state index in [1.54, 1.807) is 12.1 Å². The number of benzene rings is 1. The van der Waals surface area contributed by atoms with Crippen molar-refractivity contribution in [2.45, 2.75) is 0 Å². The van der Waals surface area contributed by atoms with Crippen LogP contribution in [0.2, 0.25) is 0 Å². The van der Waals surface area contributed by atoms with E-state index < -0.39 is 0 Å². The van der Waals surface area contributed by atoms with E-state index in [9.17, 15) is 9.18 Å². The third-order valence-corrected chi connectivity index (χ3v) is 4.12. The van der Waals surface area contributed by atoms with E-state index in [-0.39, 0.29) is 11.4 Å². The first-order valence-corrected chi connectivity index (χ1v) is 6.03. The van der Waals surface area contributed by atoms with Gasteiger partial charge in [0.05, 0.1) is 21.0 Å². The topological polar surface area (TPSA) is 45.8 Å². The van der Waals surface area contributed by atoms with Gasteiger partial charge in [0.2, 0.25) is 0 Å². The maximum Gasteiger partial charge on any atom is 0.268 e. The van der Waals surface area contributed by atoms with Crippen LogP contribution in [-0.2, 0) is 0 Å². The second-order valence-corrected chi connectivity index (χ2v) is 5.12. The average molecular weight is 299 g/mol. The minimum atomic E-state index is -0.347. The summed E-state index contributed by atoms with van der Waals surface area (Å²) in [6.07, 6.45) is 1.33. The summed E-state index contributed by atoms with van der Waals surface area (Å²) in [7, 11) is 0. The Morgan fingerprint density at radius 1 is 1.38 bits per heavy atom. The third-order valence-electron chi connectivity index (χ3n) is 2.32. The van der Waals surface area contributed by atoms with Gasteiger partial charge in [-0.05, 0) is 28.1 Å². The SMILES string of the molecule is O=c1[nH]cnc2c1sc1c(F)c(Br)ccc12. The van der Waals surface area contributed by atoms with Crippen molar-refractivity contribution in [3.05, 3.63) is 39.1 Å². The van der Waals surface area contributed by atoms with E-state index in [1.807, 2.05) is 0 Å². The van der Waals surface area contributed by atoms with Gasteiger partial charge in [-0.25, -0.2) is 9.37 Å². The van der Waals surface area contributed by atoms with Crippen LogP contribution in [0, 0.1) is 5.82 Å². The van der Waals surface area contributed by atoms with Gasteiger partial charge in [-0.15, -0.1) is 11.3 Å². The fourth-order valence-electron chi connectivity index (χ4n) is 1.59. The second kappa shape index (κ2) is 3.36. The number of nitrogens with one attached hydrogen (secondary N) is 1. The van der Waals surface area contributed by atoms with E-state index >= 15 is 0 Å². The molecule has 1 N–H and O–H groups in total. The Bertz CT molecular complexity index is 764. The van der Waals surface area contributed by atoms with Crippen LogP contribution in [0.25, 0.3) is 20.3 Å². The van der Waals surface area contributed by atoms with Gasteiger partial charge in [0, 0.05) is 5.39 Å². The molecule has 0 aliphatic heterocycles. The smallest absolute Gasteiger partial charge is 0.268 e. The van der Waals surface area contributed by atoms with E-state index in [1.165, 1.54) is 6.33 Å². The maximum atomic E-state index is 13.8. The highest BCUT2D eigenvalue weighted by Crippen LogP contribution is 2.34. The van der Waals surface area contributed by atoms with Gasteiger partial charge in [-0.1, -0.05) is 0 Å². The maximum absolute atomic E-state index is 13.8. The van der Waals surface area contributed by atoms with Crippen molar-refractivity contribution < 1.29 is 4.39 Å². The van der Waals surface area contributed by atoms with E-state index in [4.69, 9.17) is 0 Å². The fourth-order valence-corrected chi connectivity index (χ4v) is 3.15.